The molecule has 0 radical (unpaired) electrons. The molecular weight excluding hydrogens is 204 g/mol. The van der Waals surface area contributed by atoms with Crippen LogP contribution >= 0.6 is 0 Å². The highest BCUT2D eigenvalue weighted by Gasteiger charge is 2.16. The number of ether oxygens (including phenoxy) is 1. The molecule has 0 aliphatic carbocycles. The predicted molar refractivity (Wildman–Crippen MR) is 62.4 cm³/mol. The van der Waals surface area contributed by atoms with E-state index in [9.17, 15) is 4.79 Å². The van der Waals surface area contributed by atoms with E-state index in [0.29, 0.717) is 13.1 Å². The zero-order chi connectivity index (χ0) is 11.4. The van der Waals surface area contributed by atoms with Gasteiger partial charge >= 0.3 is 0 Å². The second-order valence-corrected chi connectivity index (χ2v) is 4.16. The molecule has 0 saturated carbocycles. The number of hydrogen-bond acceptors (Lipinski definition) is 3. The molecule has 2 heterocycles. The lowest BCUT2D eigenvalue weighted by Gasteiger charge is -2.12. The Morgan fingerprint density at radius 2 is 2.50 bits per heavy atom. The topological polar surface area (TPSA) is 43.3 Å². The number of pyridine rings is 1. The van der Waals surface area contributed by atoms with E-state index in [0.717, 1.165) is 25.0 Å². The van der Waals surface area contributed by atoms with Crippen molar-refractivity contribution in [1.82, 2.24) is 9.88 Å². The van der Waals surface area contributed by atoms with Gasteiger partial charge in [0.1, 0.15) is 0 Å². The molecule has 16 heavy (non-hydrogen) atoms. The number of nitrogens with zero attached hydrogens (tertiary/aromatic N) is 1. The minimum absolute atomic E-state index is 0.0901. The second-order valence-electron chi connectivity index (χ2n) is 4.16. The maximum absolute atomic E-state index is 12.0. The SMILES string of the molecule is CNCc1cccn(CC2CCCO2)c1=O. The molecule has 4 nitrogen and oxygen atoms in total. The number of rotatable bonds is 4. The van der Waals surface area contributed by atoms with Crippen LogP contribution in [0.3, 0.4) is 0 Å². The molecule has 1 saturated heterocycles. The van der Waals surface area contributed by atoms with Crippen LogP contribution in [0.1, 0.15) is 18.4 Å². The highest BCUT2D eigenvalue weighted by Crippen LogP contribution is 2.13. The third kappa shape index (κ3) is 2.51. The smallest absolute Gasteiger partial charge is 0.255 e. The number of hydrogen-bond donors (Lipinski definition) is 1. The van der Waals surface area contributed by atoms with E-state index in [-0.39, 0.29) is 11.7 Å². The molecule has 0 amide bonds. The largest absolute Gasteiger partial charge is 0.376 e. The summed E-state index contributed by atoms with van der Waals surface area (Å²) in [5.41, 5.74) is 0.898. The van der Waals surface area contributed by atoms with Crippen molar-refractivity contribution in [2.45, 2.75) is 32.0 Å². The summed E-state index contributed by atoms with van der Waals surface area (Å²) in [4.78, 5) is 12.0. The Morgan fingerprint density at radius 1 is 1.62 bits per heavy atom. The average Bonchev–Trinajstić information content (AvgIpc) is 2.77. The normalized spacial score (nSPS) is 20.2. The van der Waals surface area contributed by atoms with E-state index in [1.807, 2.05) is 25.4 Å². The van der Waals surface area contributed by atoms with Crippen molar-refractivity contribution in [1.29, 1.82) is 0 Å². The molecule has 1 fully saturated rings. The molecule has 1 aliphatic heterocycles. The molecule has 0 aromatic carbocycles. The van der Waals surface area contributed by atoms with Crippen molar-refractivity contribution in [2.24, 2.45) is 0 Å². The Bertz CT molecular complexity index is 394. The van der Waals surface area contributed by atoms with Crippen LogP contribution in [0.25, 0.3) is 0 Å². The van der Waals surface area contributed by atoms with E-state index < -0.39 is 0 Å². The minimum Gasteiger partial charge on any atom is -0.376 e. The summed E-state index contributed by atoms with van der Waals surface area (Å²) in [6, 6.07) is 3.79. The fraction of sp³-hybridized carbons (Fsp3) is 0.583. The van der Waals surface area contributed by atoms with Gasteiger partial charge in [-0.05, 0) is 26.0 Å². The third-order valence-corrected chi connectivity index (χ3v) is 2.89. The van der Waals surface area contributed by atoms with Gasteiger partial charge in [0.15, 0.2) is 0 Å². The van der Waals surface area contributed by atoms with Crippen LogP contribution in [0.5, 0.6) is 0 Å². The monoisotopic (exact) mass is 222 g/mol. The molecule has 2 rings (SSSR count). The fourth-order valence-electron chi connectivity index (χ4n) is 2.06. The molecule has 1 aromatic heterocycles. The van der Waals surface area contributed by atoms with Crippen LogP contribution in [-0.2, 0) is 17.8 Å². The molecular formula is C12H18N2O2. The van der Waals surface area contributed by atoms with Crippen LogP contribution in [0.4, 0.5) is 0 Å². The summed E-state index contributed by atoms with van der Waals surface area (Å²) in [6.07, 6.45) is 4.21. The van der Waals surface area contributed by atoms with E-state index in [2.05, 4.69) is 5.32 Å². The van der Waals surface area contributed by atoms with Gasteiger partial charge in [-0.25, -0.2) is 0 Å². The molecule has 1 aliphatic rings. The Balaban J connectivity index is 2.13. The Hall–Kier alpha value is -1.13. The number of nitrogens with one attached hydrogen (secondary N) is 1. The first-order valence-corrected chi connectivity index (χ1v) is 5.76. The van der Waals surface area contributed by atoms with Crippen LogP contribution in [0.2, 0.25) is 0 Å². The summed E-state index contributed by atoms with van der Waals surface area (Å²) >= 11 is 0. The van der Waals surface area contributed by atoms with E-state index >= 15 is 0 Å². The van der Waals surface area contributed by atoms with Gasteiger partial charge in [-0.3, -0.25) is 4.79 Å². The highest BCUT2D eigenvalue weighted by atomic mass is 16.5. The van der Waals surface area contributed by atoms with Crippen LogP contribution in [0, 0.1) is 0 Å². The van der Waals surface area contributed by atoms with Gasteiger partial charge in [0.05, 0.1) is 12.6 Å². The maximum Gasteiger partial charge on any atom is 0.255 e. The zero-order valence-electron chi connectivity index (χ0n) is 9.61. The summed E-state index contributed by atoms with van der Waals surface area (Å²) in [5.74, 6) is 0. The van der Waals surface area contributed by atoms with Gasteiger partial charge in [-0.15, -0.1) is 0 Å². The highest BCUT2D eigenvalue weighted by molar-refractivity contribution is 5.10. The van der Waals surface area contributed by atoms with Gasteiger partial charge < -0.3 is 14.6 Å². The van der Waals surface area contributed by atoms with E-state index in [1.165, 1.54) is 0 Å². The predicted octanol–water partition coefficient (Wildman–Crippen LogP) is 0.747. The van der Waals surface area contributed by atoms with Crippen molar-refractivity contribution in [3.8, 4) is 0 Å². The summed E-state index contributed by atoms with van der Waals surface area (Å²) in [5, 5.41) is 3.00. The van der Waals surface area contributed by atoms with Gasteiger partial charge in [-0.2, -0.15) is 0 Å². The third-order valence-electron chi connectivity index (χ3n) is 2.89. The standard InChI is InChI=1S/C12H18N2O2/c1-13-8-10-4-2-6-14(12(10)15)9-11-5-3-7-16-11/h2,4,6,11,13H,3,5,7-9H2,1H3. The second kappa shape index (κ2) is 5.27. The first kappa shape index (κ1) is 11.4. The van der Waals surface area contributed by atoms with E-state index in [4.69, 9.17) is 4.74 Å². The van der Waals surface area contributed by atoms with Crippen molar-refractivity contribution in [2.75, 3.05) is 13.7 Å². The van der Waals surface area contributed by atoms with Gasteiger partial charge in [0, 0.05) is 24.9 Å². The molecule has 1 aromatic rings. The Kier molecular flexibility index (Phi) is 3.74. The molecule has 0 spiro atoms. The quantitative estimate of drug-likeness (QED) is 0.817. The molecule has 88 valence electrons. The maximum atomic E-state index is 12.0. The summed E-state index contributed by atoms with van der Waals surface area (Å²) < 4.78 is 7.29. The van der Waals surface area contributed by atoms with Crippen LogP contribution in [0.15, 0.2) is 23.1 Å². The number of aromatic nitrogens is 1. The zero-order valence-corrected chi connectivity index (χ0v) is 9.61. The van der Waals surface area contributed by atoms with Gasteiger partial charge in [0.25, 0.3) is 5.56 Å². The first-order chi connectivity index (χ1) is 7.81. The lowest BCUT2D eigenvalue weighted by Crippen LogP contribution is -2.29. The minimum atomic E-state index is 0.0901. The Morgan fingerprint density at radius 3 is 3.19 bits per heavy atom. The van der Waals surface area contributed by atoms with Gasteiger partial charge in [-0.1, -0.05) is 6.07 Å². The average molecular weight is 222 g/mol. The van der Waals surface area contributed by atoms with Crippen LogP contribution < -0.4 is 10.9 Å². The van der Waals surface area contributed by atoms with Gasteiger partial charge in [0.2, 0.25) is 0 Å². The van der Waals surface area contributed by atoms with Crippen molar-refractivity contribution < 1.29 is 4.74 Å². The molecule has 1 unspecified atom stereocenters. The lowest BCUT2D eigenvalue weighted by molar-refractivity contribution is 0.0961. The summed E-state index contributed by atoms with van der Waals surface area (Å²) in [6.45, 7) is 2.12. The summed E-state index contributed by atoms with van der Waals surface area (Å²) in [7, 11) is 1.84. The molecule has 4 heteroatoms. The van der Waals surface area contributed by atoms with E-state index in [1.54, 1.807) is 4.57 Å². The first-order valence-electron chi connectivity index (χ1n) is 5.76. The van der Waals surface area contributed by atoms with Crippen molar-refractivity contribution in [3.63, 3.8) is 0 Å². The van der Waals surface area contributed by atoms with Crippen LogP contribution in [-0.4, -0.2) is 24.3 Å². The van der Waals surface area contributed by atoms with Crippen molar-refractivity contribution in [3.05, 3.63) is 34.2 Å². The fourth-order valence-corrected chi connectivity index (χ4v) is 2.06. The molecule has 0 bridgehead atoms. The van der Waals surface area contributed by atoms with Crippen molar-refractivity contribution >= 4 is 0 Å². The molecule has 1 atom stereocenters. The molecule has 1 N–H and O–H groups in total. The lowest BCUT2D eigenvalue weighted by atomic mass is 10.2. The Labute approximate surface area is 95.2 Å².